The largest absolute Gasteiger partial charge is 0.324 e. The van der Waals surface area contributed by atoms with Gasteiger partial charge in [0.05, 0.1) is 11.9 Å². The molecule has 0 aliphatic carbocycles. The predicted octanol–water partition coefficient (Wildman–Crippen LogP) is 3.19. The molecule has 0 atom stereocenters. The molecule has 0 bridgehead atoms. The molecule has 1 N–H and O–H groups in total. The van der Waals surface area contributed by atoms with Crippen LogP contribution >= 0.6 is 11.6 Å². The van der Waals surface area contributed by atoms with Gasteiger partial charge in [-0.3, -0.25) is 9.10 Å². The third kappa shape index (κ3) is 4.69. The van der Waals surface area contributed by atoms with E-state index in [4.69, 9.17) is 11.6 Å². The minimum Gasteiger partial charge on any atom is -0.324 e. The Morgan fingerprint density at radius 1 is 1.21 bits per heavy atom. The Labute approximate surface area is 145 Å². The van der Waals surface area contributed by atoms with Crippen LogP contribution in [0.3, 0.4) is 0 Å². The van der Waals surface area contributed by atoms with Crippen molar-refractivity contribution in [3.8, 4) is 0 Å². The second-order valence-corrected chi connectivity index (χ2v) is 7.60. The van der Waals surface area contributed by atoms with Crippen molar-refractivity contribution in [3.05, 3.63) is 58.9 Å². The number of benzene rings is 2. The Morgan fingerprint density at radius 3 is 2.42 bits per heavy atom. The van der Waals surface area contributed by atoms with Gasteiger partial charge < -0.3 is 5.32 Å². The lowest BCUT2D eigenvalue weighted by Gasteiger charge is -2.22. The van der Waals surface area contributed by atoms with Crippen LogP contribution in [0.15, 0.2) is 42.5 Å². The SMILES string of the molecule is Cc1ccc(Cl)cc1NC(=O)CN(c1ccc(F)cc1)S(C)(=O)=O. The standard InChI is InChI=1S/C16H16ClFN2O3S/c1-11-3-4-12(17)9-15(11)19-16(21)10-20(24(2,22)23)14-7-5-13(18)6-8-14/h3-9H,10H2,1-2H3,(H,19,21). The van der Waals surface area contributed by atoms with Crippen LogP contribution in [-0.4, -0.2) is 27.1 Å². The lowest BCUT2D eigenvalue weighted by atomic mass is 10.2. The lowest BCUT2D eigenvalue weighted by molar-refractivity contribution is -0.114. The number of halogens is 2. The number of nitrogens with zero attached hydrogens (tertiary/aromatic N) is 1. The first-order valence-electron chi connectivity index (χ1n) is 6.96. The average Bonchev–Trinajstić information content (AvgIpc) is 2.48. The van der Waals surface area contributed by atoms with Crippen molar-refractivity contribution < 1.29 is 17.6 Å². The Hall–Kier alpha value is -2.12. The molecule has 2 aromatic rings. The molecule has 0 saturated carbocycles. The molecular formula is C16H16ClFN2O3S. The molecule has 0 spiro atoms. The molecule has 128 valence electrons. The minimum absolute atomic E-state index is 0.205. The Kier molecular flexibility index (Phi) is 5.46. The summed E-state index contributed by atoms with van der Waals surface area (Å²) < 4.78 is 37.8. The molecule has 2 aromatic carbocycles. The zero-order valence-electron chi connectivity index (χ0n) is 13.1. The van der Waals surface area contributed by atoms with Crippen LogP contribution in [-0.2, 0) is 14.8 Å². The number of hydrogen-bond donors (Lipinski definition) is 1. The molecule has 8 heteroatoms. The number of sulfonamides is 1. The van der Waals surface area contributed by atoms with Crippen molar-refractivity contribution in [2.75, 3.05) is 22.4 Å². The minimum atomic E-state index is -3.71. The highest BCUT2D eigenvalue weighted by Gasteiger charge is 2.21. The summed E-state index contributed by atoms with van der Waals surface area (Å²) in [7, 11) is -3.71. The average molecular weight is 371 g/mol. The van der Waals surface area contributed by atoms with E-state index in [9.17, 15) is 17.6 Å². The van der Waals surface area contributed by atoms with Crippen LogP contribution in [0.5, 0.6) is 0 Å². The lowest BCUT2D eigenvalue weighted by Crippen LogP contribution is -2.37. The van der Waals surface area contributed by atoms with Crippen molar-refractivity contribution >= 4 is 38.9 Å². The van der Waals surface area contributed by atoms with Gasteiger partial charge in [0, 0.05) is 10.7 Å². The van der Waals surface area contributed by atoms with E-state index < -0.39 is 28.3 Å². The van der Waals surface area contributed by atoms with E-state index in [1.54, 1.807) is 25.1 Å². The highest BCUT2D eigenvalue weighted by molar-refractivity contribution is 7.92. The van der Waals surface area contributed by atoms with Gasteiger partial charge in [-0.05, 0) is 48.9 Å². The highest BCUT2D eigenvalue weighted by atomic mass is 35.5. The number of nitrogens with one attached hydrogen (secondary N) is 1. The van der Waals surface area contributed by atoms with E-state index in [0.717, 1.165) is 28.3 Å². The van der Waals surface area contributed by atoms with Crippen molar-refractivity contribution in [2.45, 2.75) is 6.92 Å². The van der Waals surface area contributed by atoms with Gasteiger partial charge in [-0.15, -0.1) is 0 Å². The summed E-state index contributed by atoms with van der Waals surface area (Å²) >= 11 is 5.90. The molecule has 0 radical (unpaired) electrons. The maximum atomic E-state index is 13.0. The number of rotatable bonds is 5. The summed E-state index contributed by atoms with van der Waals surface area (Å²) in [4.78, 5) is 12.2. The summed E-state index contributed by atoms with van der Waals surface area (Å²) in [6, 6.07) is 9.87. The third-order valence-corrected chi connectivity index (χ3v) is 4.65. The molecule has 1 amide bonds. The van der Waals surface area contributed by atoms with Gasteiger partial charge in [-0.1, -0.05) is 17.7 Å². The highest BCUT2D eigenvalue weighted by Crippen LogP contribution is 2.21. The topological polar surface area (TPSA) is 66.5 Å². The van der Waals surface area contributed by atoms with Gasteiger partial charge in [-0.2, -0.15) is 0 Å². The number of carbonyl (C=O) groups is 1. The van der Waals surface area contributed by atoms with Gasteiger partial charge in [0.1, 0.15) is 12.4 Å². The second-order valence-electron chi connectivity index (χ2n) is 5.25. The van der Waals surface area contributed by atoms with Gasteiger partial charge in [0.2, 0.25) is 15.9 Å². The van der Waals surface area contributed by atoms with Crippen LogP contribution in [0.1, 0.15) is 5.56 Å². The number of aryl methyl sites for hydroxylation is 1. The number of amides is 1. The summed E-state index contributed by atoms with van der Waals surface area (Å²) in [5, 5.41) is 3.08. The Bertz CT molecular complexity index is 854. The molecule has 0 saturated heterocycles. The molecule has 0 aliphatic rings. The number of anilines is 2. The fraction of sp³-hybridized carbons (Fsp3) is 0.188. The predicted molar refractivity (Wildman–Crippen MR) is 93.4 cm³/mol. The molecule has 24 heavy (non-hydrogen) atoms. The van der Waals surface area contributed by atoms with E-state index in [2.05, 4.69) is 5.32 Å². The van der Waals surface area contributed by atoms with Crippen molar-refractivity contribution in [1.82, 2.24) is 0 Å². The molecule has 2 rings (SSSR count). The summed E-state index contributed by atoms with van der Waals surface area (Å²) in [6.45, 7) is 1.36. The third-order valence-electron chi connectivity index (χ3n) is 3.28. The first kappa shape index (κ1) is 18.2. The molecule has 0 heterocycles. The quantitative estimate of drug-likeness (QED) is 0.878. The van der Waals surface area contributed by atoms with Crippen LogP contribution in [0, 0.1) is 12.7 Å². The van der Waals surface area contributed by atoms with E-state index in [1.165, 1.54) is 12.1 Å². The van der Waals surface area contributed by atoms with Gasteiger partial charge >= 0.3 is 0 Å². The normalized spacial score (nSPS) is 11.2. The summed E-state index contributed by atoms with van der Waals surface area (Å²) in [5.74, 6) is -1.03. The van der Waals surface area contributed by atoms with E-state index in [1.807, 2.05) is 0 Å². The van der Waals surface area contributed by atoms with E-state index in [0.29, 0.717) is 10.7 Å². The number of carbonyl (C=O) groups excluding carboxylic acids is 1. The zero-order valence-corrected chi connectivity index (χ0v) is 14.7. The first-order valence-corrected chi connectivity index (χ1v) is 9.19. The molecule has 5 nitrogen and oxygen atoms in total. The van der Waals surface area contributed by atoms with Crippen LogP contribution in [0.25, 0.3) is 0 Å². The Morgan fingerprint density at radius 2 is 1.83 bits per heavy atom. The fourth-order valence-electron chi connectivity index (χ4n) is 2.06. The molecular weight excluding hydrogens is 355 g/mol. The van der Waals surface area contributed by atoms with Crippen molar-refractivity contribution in [3.63, 3.8) is 0 Å². The van der Waals surface area contributed by atoms with Crippen LogP contribution < -0.4 is 9.62 Å². The maximum absolute atomic E-state index is 13.0. The van der Waals surface area contributed by atoms with Gasteiger partial charge in [0.15, 0.2) is 0 Å². The summed E-state index contributed by atoms with van der Waals surface area (Å²) in [5.41, 5.74) is 1.50. The zero-order chi connectivity index (χ0) is 17.9. The summed E-state index contributed by atoms with van der Waals surface area (Å²) in [6.07, 6.45) is 0.980. The van der Waals surface area contributed by atoms with Gasteiger partial charge in [-0.25, -0.2) is 12.8 Å². The maximum Gasteiger partial charge on any atom is 0.245 e. The van der Waals surface area contributed by atoms with E-state index in [-0.39, 0.29) is 5.69 Å². The molecule has 0 fully saturated rings. The van der Waals surface area contributed by atoms with Crippen LogP contribution in [0.4, 0.5) is 15.8 Å². The van der Waals surface area contributed by atoms with Crippen LogP contribution in [0.2, 0.25) is 5.02 Å². The fourth-order valence-corrected chi connectivity index (χ4v) is 3.08. The van der Waals surface area contributed by atoms with E-state index >= 15 is 0 Å². The second kappa shape index (κ2) is 7.19. The monoisotopic (exact) mass is 370 g/mol. The number of hydrogen-bond acceptors (Lipinski definition) is 3. The van der Waals surface area contributed by atoms with Crippen molar-refractivity contribution in [1.29, 1.82) is 0 Å². The Balaban J connectivity index is 2.22. The molecule has 0 unspecified atom stereocenters. The van der Waals surface area contributed by atoms with Crippen molar-refractivity contribution in [2.24, 2.45) is 0 Å². The molecule has 0 aliphatic heterocycles. The molecule has 0 aromatic heterocycles. The first-order chi connectivity index (χ1) is 11.2. The van der Waals surface area contributed by atoms with Gasteiger partial charge in [0.25, 0.3) is 0 Å². The smallest absolute Gasteiger partial charge is 0.245 e.